The lowest BCUT2D eigenvalue weighted by Gasteiger charge is -2.11. The van der Waals surface area contributed by atoms with Gasteiger partial charge in [-0.15, -0.1) is 0 Å². The summed E-state index contributed by atoms with van der Waals surface area (Å²) in [5.41, 5.74) is 4.45. The molecule has 0 bridgehead atoms. The fourth-order valence-electron chi connectivity index (χ4n) is 1.52. The number of aromatic nitrogens is 2. The molecule has 0 aliphatic carbocycles. The number of nitrogens with two attached hydrogens (primary N) is 1. The van der Waals surface area contributed by atoms with Crippen molar-refractivity contribution in [2.75, 3.05) is 11.1 Å². The molecule has 19 heavy (non-hydrogen) atoms. The van der Waals surface area contributed by atoms with Crippen LogP contribution in [-0.4, -0.2) is 15.0 Å². The molecule has 1 amide bonds. The molecule has 1 aromatic rings. The normalized spacial score (nSPS) is 10.9. The molecule has 7 heteroatoms. The summed E-state index contributed by atoms with van der Waals surface area (Å²) in [5, 5.41) is 2.44. The molecular weight excluding hydrogens is 248 g/mol. The summed E-state index contributed by atoms with van der Waals surface area (Å²) in [6.07, 6.45) is 4.54. The zero-order chi connectivity index (χ0) is 14.6. The first-order valence-electron chi connectivity index (χ1n) is 5.90. The van der Waals surface area contributed by atoms with Crippen LogP contribution in [-0.2, 0) is 18.9 Å². The van der Waals surface area contributed by atoms with Crippen LogP contribution >= 0.6 is 0 Å². The number of rotatable bonds is 4. The van der Waals surface area contributed by atoms with Crippen molar-refractivity contribution in [2.24, 2.45) is 14.1 Å². The molecule has 0 saturated carbocycles. The predicted molar refractivity (Wildman–Crippen MR) is 74.0 cm³/mol. The smallest absolute Gasteiger partial charge is 0.332 e. The van der Waals surface area contributed by atoms with Crippen LogP contribution < -0.4 is 22.3 Å². The Morgan fingerprint density at radius 3 is 2.47 bits per heavy atom. The van der Waals surface area contributed by atoms with Gasteiger partial charge in [0.05, 0.1) is 0 Å². The van der Waals surface area contributed by atoms with Gasteiger partial charge in [-0.25, -0.2) is 4.79 Å². The topological polar surface area (TPSA) is 99.1 Å². The van der Waals surface area contributed by atoms with Gasteiger partial charge >= 0.3 is 5.69 Å². The Balaban J connectivity index is 3.09. The van der Waals surface area contributed by atoms with Gasteiger partial charge in [0, 0.05) is 20.5 Å². The van der Waals surface area contributed by atoms with Crippen LogP contribution in [0.1, 0.15) is 19.8 Å². The third-order valence-corrected chi connectivity index (χ3v) is 2.68. The van der Waals surface area contributed by atoms with Crippen molar-refractivity contribution < 1.29 is 4.79 Å². The molecule has 0 saturated heterocycles. The molecule has 0 aliphatic rings. The first kappa shape index (κ1) is 14.7. The van der Waals surface area contributed by atoms with E-state index in [1.54, 1.807) is 6.08 Å². The summed E-state index contributed by atoms with van der Waals surface area (Å²) in [4.78, 5) is 35.1. The second-order valence-electron chi connectivity index (χ2n) is 4.10. The van der Waals surface area contributed by atoms with Gasteiger partial charge in [0.15, 0.2) is 0 Å². The van der Waals surface area contributed by atoms with E-state index in [4.69, 9.17) is 5.73 Å². The van der Waals surface area contributed by atoms with Crippen LogP contribution in [0.3, 0.4) is 0 Å². The van der Waals surface area contributed by atoms with Crippen LogP contribution in [0.15, 0.2) is 21.7 Å². The van der Waals surface area contributed by atoms with Crippen molar-refractivity contribution in [1.82, 2.24) is 9.13 Å². The van der Waals surface area contributed by atoms with E-state index in [-0.39, 0.29) is 23.8 Å². The van der Waals surface area contributed by atoms with E-state index in [0.29, 0.717) is 0 Å². The number of anilines is 2. The minimum Gasteiger partial charge on any atom is -0.383 e. The second kappa shape index (κ2) is 6.03. The number of amides is 1. The minimum absolute atomic E-state index is 0.0547. The number of nitrogens with one attached hydrogen (secondary N) is 1. The number of hydrogen-bond acceptors (Lipinski definition) is 4. The molecule has 0 spiro atoms. The van der Waals surface area contributed by atoms with E-state index in [0.717, 1.165) is 15.6 Å². The SMILES string of the molecule is CCC=CCC(=O)Nc1c(N)n(C)c(=O)n(C)c1=O. The Kier molecular flexibility index (Phi) is 4.68. The number of nitrogens with zero attached hydrogens (tertiary/aromatic N) is 2. The molecule has 0 aliphatic heterocycles. The van der Waals surface area contributed by atoms with Crippen molar-refractivity contribution >= 4 is 17.4 Å². The van der Waals surface area contributed by atoms with Crippen LogP contribution in [0.5, 0.6) is 0 Å². The number of allylic oxidation sites excluding steroid dienone is 1. The Bertz CT molecular complexity index is 625. The van der Waals surface area contributed by atoms with Gasteiger partial charge in [0.1, 0.15) is 11.5 Å². The third kappa shape index (κ3) is 3.12. The standard InChI is InChI=1S/C12H18N4O3/c1-4-5-6-7-8(17)14-9-10(13)15(2)12(19)16(3)11(9)18/h5-6H,4,7,13H2,1-3H3,(H,14,17). The number of carbonyl (C=O) groups is 1. The molecule has 1 heterocycles. The molecule has 0 radical (unpaired) electrons. The molecule has 7 nitrogen and oxygen atoms in total. The highest BCUT2D eigenvalue weighted by atomic mass is 16.2. The average Bonchev–Trinajstić information content (AvgIpc) is 2.39. The molecule has 3 N–H and O–H groups in total. The van der Waals surface area contributed by atoms with Gasteiger partial charge in [-0.2, -0.15) is 0 Å². The maximum absolute atomic E-state index is 11.9. The molecule has 0 unspecified atom stereocenters. The summed E-state index contributed by atoms with van der Waals surface area (Å²) in [6.45, 7) is 1.95. The van der Waals surface area contributed by atoms with Gasteiger partial charge in [-0.3, -0.25) is 18.7 Å². The monoisotopic (exact) mass is 266 g/mol. The minimum atomic E-state index is -0.617. The van der Waals surface area contributed by atoms with E-state index in [1.807, 2.05) is 13.0 Å². The molecule has 0 fully saturated rings. The van der Waals surface area contributed by atoms with E-state index >= 15 is 0 Å². The fourth-order valence-corrected chi connectivity index (χ4v) is 1.52. The van der Waals surface area contributed by atoms with Crippen LogP contribution in [0, 0.1) is 0 Å². The van der Waals surface area contributed by atoms with Crippen LogP contribution in [0.4, 0.5) is 11.5 Å². The van der Waals surface area contributed by atoms with Crippen molar-refractivity contribution in [1.29, 1.82) is 0 Å². The molecule has 104 valence electrons. The van der Waals surface area contributed by atoms with Gasteiger partial charge in [-0.05, 0) is 6.42 Å². The average molecular weight is 266 g/mol. The highest BCUT2D eigenvalue weighted by Gasteiger charge is 2.14. The summed E-state index contributed by atoms with van der Waals surface area (Å²) in [5.74, 6) is -0.409. The summed E-state index contributed by atoms with van der Waals surface area (Å²) in [6, 6.07) is 0. The summed E-state index contributed by atoms with van der Waals surface area (Å²) < 4.78 is 2.01. The third-order valence-electron chi connectivity index (χ3n) is 2.68. The summed E-state index contributed by atoms with van der Waals surface area (Å²) >= 11 is 0. The van der Waals surface area contributed by atoms with Crippen molar-refractivity contribution in [3.05, 3.63) is 33.0 Å². The Labute approximate surface area is 110 Å². The molecule has 1 rings (SSSR count). The lowest BCUT2D eigenvalue weighted by molar-refractivity contribution is -0.115. The van der Waals surface area contributed by atoms with Crippen molar-refractivity contribution in [2.45, 2.75) is 19.8 Å². The van der Waals surface area contributed by atoms with E-state index in [1.165, 1.54) is 14.1 Å². The fraction of sp³-hybridized carbons (Fsp3) is 0.417. The predicted octanol–water partition coefficient (Wildman–Crippen LogP) is -0.0390. The van der Waals surface area contributed by atoms with Crippen LogP contribution in [0.25, 0.3) is 0 Å². The Hall–Kier alpha value is -2.31. The lowest BCUT2D eigenvalue weighted by Crippen LogP contribution is -2.40. The molecule has 0 aromatic carbocycles. The van der Waals surface area contributed by atoms with Gasteiger partial charge in [0.25, 0.3) is 5.56 Å². The Morgan fingerprint density at radius 2 is 1.89 bits per heavy atom. The quantitative estimate of drug-likeness (QED) is 0.747. The van der Waals surface area contributed by atoms with E-state index in [9.17, 15) is 14.4 Å². The molecular formula is C12H18N4O3. The Morgan fingerprint density at radius 1 is 1.26 bits per heavy atom. The largest absolute Gasteiger partial charge is 0.383 e. The molecule has 0 atom stereocenters. The zero-order valence-electron chi connectivity index (χ0n) is 11.3. The maximum atomic E-state index is 11.9. The van der Waals surface area contributed by atoms with Crippen LogP contribution in [0.2, 0.25) is 0 Å². The molecule has 1 aromatic heterocycles. The number of hydrogen-bond donors (Lipinski definition) is 2. The highest BCUT2D eigenvalue weighted by Crippen LogP contribution is 2.09. The van der Waals surface area contributed by atoms with E-state index in [2.05, 4.69) is 5.32 Å². The number of nitrogen functional groups attached to an aromatic ring is 1. The lowest BCUT2D eigenvalue weighted by atomic mass is 10.3. The maximum Gasteiger partial charge on any atom is 0.332 e. The highest BCUT2D eigenvalue weighted by molar-refractivity contribution is 5.93. The van der Waals surface area contributed by atoms with E-state index < -0.39 is 11.2 Å². The van der Waals surface area contributed by atoms with Crippen molar-refractivity contribution in [3.63, 3.8) is 0 Å². The summed E-state index contributed by atoms with van der Waals surface area (Å²) in [7, 11) is 2.76. The van der Waals surface area contributed by atoms with Gasteiger partial charge < -0.3 is 11.1 Å². The second-order valence-corrected chi connectivity index (χ2v) is 4.10. The zero-order valence-corrected chi connectivity index (χ0v) is 11.3. The number of carbonyl (C=O) groups excluding carboxylic acids is 1. The van der Waals surface area contributed by atoms with Gasteiger partial charge in [-0.1, -0.05) is 19.1 Å². The van der Waals surface area contributed by atoms with Gasteiger partial charge in [0.2, 0.25) is 5.91 Å². The van der Waals surface area contributed by atoms with Crippen molar-refractivity contribution in [3.8, 4) is 0 Å². The first-order chi connectivity index (χ1) is 8.90. The first-order valence-corrected chi connectivity index (χ1v) is 5.90.